The monoisotopic (exact) mass is 183 g/mol. The van der Waals surface area contributed by atoms with Crippen LogP contribution in [0.5, 0.6) is 0 Å². The third-order valence-electron chi connectivity index (χ3n) is 2.90. The van der Waals surface area contributed by atoms with Crippen LogP contribution in [0, 0.1) is 11.3 Å². The van der Waals surface area contributed by atoms with Crippen molar-refractivity contribution in [3.63, 3.8) is 0 Å². The fourth-order valence-electron chi connectivity index (χ4n) is 1.59. The SMILES string of the molecule is CC(C)(CCN)CCC(=O)C1CC1. The molecule has 2 nitrogen and oxygen atoms in total. The molecule has 1 saturated carbocycles. The van der Waals surface area contributed by atoms with Gasteiger partial charge in [0.25, 0.3) is 0 Å². The number of carbonyl (C=O) groups is 1. The molecule has 1 rings (SSSR count). The molecule has 1 aliphatic carbocycles. The van der Waals surface area contributed by atoms with Crippen molar-refractivity contribution in [3.05, 3.63) is 0 Å². The lowest BCUT2D eigenvalue weighted by molar-refractivity contribution is -0.120. The second-order valence-corrected chi connectivity index (χ2v) is 4.94. The van der Waals surface area contributed by atoms with Crippen molar-refractivity contribution < 1.29 is 4.79 Å². The quantitative estimate of drug-likeness (QED) is 0.685. The number of carbonyl (C=O) groups excluding carboxylic acids is 1. The number of hydrogen-bond donors (Lipinski definition) is 1. The van der Waals surface area contributed by atoms with Gasteiger partial charge in [0.05, 0.1) is 0 Å². The highest BCUT2D eigenvalue weighted by Crippen LogP contribution is 2.34. The van der Waals surface area contributed by atoms with E-state index >= 15 is 0 Å². The number of rotatable bonds is 6. The van der Waals surface area contributed by atoms with E-state index in [1.165, 1.54) is 0 Å². The molecule has 0 bridgehead atoms. The Morgan fingerprint density at radius 1 is 1.38 bits per heavy atom. The van der Waals surface area contributed by atoms with E-state index < -0.39 is 0 Å². The average molecular weight is 183 g/mol. The lowest BCUT2D eigenvalue weighted by atomic mass is 9.83. The summed E-state index contributed by atoms with van der Waals surface area (Å²) in [6.07, 6.45) is 5.05. The molecule has 0 aromatic heterocycles. The van der Waals surface area contributed by atoms with E-state index in [4.69, 9.17) is 5.73 Å². The molecule has 0 spiro atoms. The summed E-state index contributed by atoms with van der Waals surface area (Å²) in [5.74, 6) is 0.902. The van der Waals surface area contributed by atoms with Gasteiger partial charge in [-0.3, -0.25) is 4.79 Å². The first-order valence-corrected chi connectivity index (χ1v) is 5.28. The van der Waals surface area contributed by atoms with Crippen LogP contribution < -0.4 is 5.73 Å². The fraction of sp³-hybridized carbons (Fsp3) is 0.909. The Morgan fingerprint density at radius 2 is 2.00 bits per heavy atom. The van der Waals surface area contributed by atoms with Gasteiger partial charge in [-0.25, -0.2) is 0 Å². The third kappa shape index (κ3) is 3.90. The molecule has 2 N–H and O–H groups in total. The highest BCUT2D eigenvalue weighted by Gasteiger charge is 2.30. The van der Waals surface area contributed by atoms with Gasteiger partial charge < -0.3 is 5.73 Å². The largest absolute Gasteiger partial charge is 0.330 e. The minimum absolute atomic E-state index is 0.249. The van der Waals surface area contributed by atoms with Crippen molar-refractivity contribution in [2.24, 2.45) is 17.1 Å². The highest BCUT2D eigenvalue weighted by molar-refractivity contribution is 5.83. The van der Waals surface area contributed by atoms with Crippen molar-refractivity contribution >= 4 is 5.78 Å². The van der Waals surface area contributed by atoms with Crippen molar-refractivity contribution in [3.8, 4) is 0 Å². The summed E-state index contributed by atoms with van der Waals surface area (Å²) in [7, 11) is 0. The Bertz CT molecular complexity index is 183. The molecule has 0 amide bonds. The van der Waals surface area contributed by atoms with Crippen LogP contribution in [0.1, 0.15) is 46.0 Å². The van der Waals surface area contributed by atoms with Crippen LogP contribution in [0.4, 0.5) is 0 Å². The molecule has 0 saturated heterocycles. The van der Waals surface area contributed by atoms with Gasteiger partial charge in [0.2, 0.25) is 0 Å². The topological polar surface area (TPSA) is 43.1 Å². The number of hydrogen-bond acceptors (Lipinski definition) is 2. The van der Waals surface area contributed by atoms with E-state index in [1.807, 2.05) is 0 Å². The van der Waals surface area contributed by atoms with Crippen molar-refractivity contribution in [2.75, 3.05) is 6.54 Å². The molecule has 0 unspecified atom stereocenters. The Hall–Kier alpha value is -0.370. The van der Waals surface area contributed by atoms with Gasteiger partial charge in [-0.2, -0.15) is 0 Å². The molecule has 1 aliphatic rings. The summed E-state index contributed by atoms with van der Waals surface area (Å²) in [6, 6.07) is 0. The number of Topliss-reactive ketones (excluding diaryl/α,β-unsaturated/α-hetero) is 1. The zero-order chi connectivity index (χ0) is 9.90. The molecule has 1 fully saturated rings. The molecule has 0 radical (unpaired) electrons. The van der Waals surface area contributed by atoms with E-state index in [0.29, 0.717) is 11.7 Å². The Morgan fingerprint density at radius 3 is 2.46 bits per heavy atom. The molecule has 0 aromatic carbocycles. The summed E-state index contributed by atoms with van der Waals surface area (Å²) in [5, 5.41) is 0. The van der Waals surface area contributed by atoms with E-state index in [0.717, 1.165) is 38.6 Å². The van der Waals surface area contributed by atoms with Gasteiger partial charge in [0.1, 0.15) is 5.78 Å². The van der Waals surface area contributed by atoms with E-state index in [2.05, 4.69) is 13.8 Å². The Balaban J connectivity index is 2.19. The first kappa shape index (κ1) is 10.7. The summed E-state index contributed by atoms with van der Waals surface area (Å²) in [5.41, 5.74) is 5.76. The summed E-state index contributed by atoms with van der Waals surface area (Å²) >= 11 is 0. The second kappa shape index (κ2) is 4.23. The summed E-state index contributed by atoms with van der Waals surface area (Å²) in [4.78, 5) is 11.4. The first-order chi connectivity index (χ1) is 6.05. The van der Waals surface area contributed by atoms with Crippen molar-refractivity contribution in [1.29, 1.82) is 0 Å². The molecular weight excluding hydrogens is 162 g/mol. The zero-order valence-corrected chi connectivity index (χ0v) is 8.81. The van der Waals surface area contributed by atoms with Gasteiger partial charge in [-0.15, -0.1) is 0 Å². The predicted octanol–water partition coefficient (Wildman–Crippen LogP) is 2.12. The van der Waals surface area contributed by atoms with Crippen molar-refractivity contribution in [1.82, 2.24) is 0 Å². The summed E-state index contributed by atoms with van der Waals surface area (Å²) < 4.78 is 0. The molecule has 13 heavy (non-hydrogen) atoms. The normalized spacial score (nSPS) is 17.5. The van der Waals surface area contributed by atoms with Gasteiger partial charge in [0, 0.05) is 12.3 Å². The maximum atomic E-state index is 11.4. The minimum Gasteiger partial charge on any atom is -0.330 e. The van der Waals surface area contributed by atoms with Gasteiger partial charge in [-0.05, 0) is 37.6 Å². The molecule has 0 atom stereocenters. The standard InChI is InChI=1S/C11H21NO/c1-11(2,7-8-12)6-5-10(13)9-3-4-9/h9H,3-8,12H2,1-2H3. The van der Waals surface area contributed by atoms with E-state index in [-0.39, 0.29) is 5.41 Å². The first-order valence-electron chi connectivity index (χ1n) is 5.28. The minimum atomic E-state index is 0.249. The van der Waals surface area contributed by atoms with Gasteiger partial charge >= 0.3 is 0 Å². The van der Waals surface area contributed by atoms with Crippen LogP contribution in [0.2, 0.25) is 0 Å². The average Bonchev–Trinajstić information content (AvgIpc) is 2.82. The molecule has 76 valence electrons. The maximum Gasteiger partial charge on any atom is 0.135 e. The molecular formula is C11H21NO. The molecule has 0 aliphatic heterocycles. The highest BCUT2D eigenvalue weighted by atomic mass is 16.1. The van der Waals surface area contributed by atoms with Crippen LogP contribution in [0.25, 0.3) is 0 Å². The van der Waals surface area contributed by atoms with Crippen LogP contribution in [0.15, 0.2) is 0 Å². The van der Waals surface area contributed by atoms with E-state index in [9.17, 15) is 4.79 Å². The lowest BCUT2D eigenvalue weighted by Gasteiger charge is -2.23. The molecule has 0 aromatic rings. The third-order valence-corrected chi connectivity index (χ3v) is 2.90. The second-order valence-electron chi connectivity index (χ2n) is 4.94. The number of ketones is 1. The van der Waals surface area contributed by atoms with Crippen LogP contribution in [-0.4, -0.2) is 12.3 Å². The van der Waals surface area contributed by atoms with E-state index in [1.54, 1.807) is 0 Å². The van der Waals surface area contributed by atoms with Crippen LogP contribution in [-0.2, 0) is 4.79 Å². The molecule has 2 heteroatoms. The lowest BCUT2D eigenvalue weighted by Crippen LogP contribution is -2.18. The number of nitrogens with two attached hydrogens (primary N) is 1. The van der Waals surface area contributed by atoms with Gasteiger partial charge in [0.15, 0.2) is 0 Å². The molecule has 0 heterocycles. The zero-order valence-electron chi connectivity index (χ0n) is 8.81. The predicted molar refractivity (Wildman–Crippen MR) is 54.4 cm³/mol. The maximum absolute atomic E-state index is 11.4. The van der Waals surface area contributed by atoms with Crippen LogP contribution in [0.3, 0.4) is 0 Å². The smallest absolute Gasteiger partial charge is 0.135 e. The Kier molecular flexibility index (Phi) is 3.48. The van der Waals surface area contributed by atoms with Crippen molar-refractivity contribution in [2.45, 2.75) is 46.0 Å². The Labute approximate surface area is 80.9 Å². The fourth-order valence-corrected chi connectivity index (χ4v) is 1.59. The summed E-state index contributed by atoms with van der Waals surface area (Å²) in [6.45, 7) is 5.12. The van der Waals surface area contributed by atoms with Crippen LogP contribution >= 0.6 is 0 Å². The van der Waals surface area contributed by atoms with Gasteiger partial charge in [-0.1, -0.05) is 13.8 Å².